The van der Waals surface area contributed by atoms with Crippen molar-refractivity contribution in [2.75, 3.05) is 5.32 Å². The van der Waals surface area contributed by atoms with Crippen molar-refractivity contribution in [3.05, 3.63) is 63.7 Å². The van der Waals surface area contributed by atoms with Crippen molar-refractivity contribution in [2.24, 2.45) is 0 Å². The van der Waals surface area contributed by atoms with Crippen LogP contribution in [0.2, 0.25) is 0 Å². The molecule has 1 amide bonds. The fraction of sp³-hybridized carbons (Fsp3) is 0. The van der Waals surface area contributed by atoms with Crippen LogP contribution >= 0.6 is 0 Å². The van der Waals surface area contributed by atoms with Gasteiger partial charge >= 0.3 is 5.69 Å². The van der Waals surface area contributed by atoms with E-state index in [9.17, 15) is 20.0 Å². The number of amides is 1. The summed E-state index contributed by atoms with van der Waals surface area (Å²) in [5, 5.41) is 31.4. The van der Waals surface area contributed by atoms with Crippen molar-refractivity contribution in [3.63, 3.8) is 0 Å². The van der Waals surface area contributed by atoms with Gasteiger partial charge in [-0.1, -0.05) is 6.07 Å². The number of hydrogen-bond acceptors (Lipinski definition) is 5. The molecule has 21 heavy (non-hydrogen) atoms. The van der Waals surface area contributed by atoms with Crippen LogP contribution in [-0.4, -0.2) is 15.9 Å². The van der Waals surface area contributed by atoms with Gasteiger partial charge in [-0.3, -0.25) is 14.9 Å². The maximum Gasteiger partial charge on any atom is 0.311 e. The second-order valence-corrected chi connectivity index (χ2v) is 4.11. The van der Waals surface area contributed by atoms with E-state index in [2.05, 4.69) is 5.32 Å². The molecule has 0 aromatic heterocycles. The van der Waals surface area contributed by atoms with E-state index < -0.39 is 22.3 Å². The lowest BCUT2D eigenvalue weighted by Gasteiger charge is -2.06. The lowest BCUT2D eigenvalue weighted by atomic mass is 10.1. The summed E-state index contributed by atoms with van der Waals surface area (Å²) < 4.78 is 0. The summed E-state index contributed by atoms with van der Waals surface area (Å²) in [5.74, 6) is -1.09. The average molecular weight is 283 g/mol. The van der Waals surface area contributed by atoms with Gasteiger partial charge in [0.05, 0.1) is 16.6 Å². The molecule has 0 atom stereocenters. The maximum absolute atomic E-state index is 12.0. The van der Waals surface area contributed by atoms with E-state index >= 15 is 0 Å². The largest absolute Gasteiger partial charge is 0.502 e. The van der Waals surface area contributed by atoms with Crippen LogP contribution in [0.1, 0.15) is 15.9 Å². The van der Waals surface area contributed by atoms with E-state index in [1.807, 2.05) is 6.07 Å². The molecular weight excluding hydrogens is 274 g/mol. The number of nitro groups is 1. The number of nitrogens with one attached hydrogen (secondary N) is 1. The average Bonchev–Trinajstić information content (AvgIpc) is 2.47. The second kappa shape index (κ2) is 5.71. The standard InChI is InChI=1S/C14H9N3O4/c15-8-9-2-1-3-11(6-9)16-14(19)10-4-5-13(18)12(7-10)17(20)21/h1-7,18H,(H,16,19). The Labute approximate surface area is 119 Å². The number of anilines is 1. The summed E-state index contributed by atoms with van der Waals surface area (Å²) >= 11 is 0. The van der Waals surface area contributed by atoms with Gasteiger partial charge < -0.3 is 10.4 Å². The number of carbonyl (C=O) groups is 1. The molecule has 104 valence electrons. The molecule has 7 nitrogen and oxygen atoms in total. The number of rotatable bonds is 3. The molecule has 2 rings (SSSR count). The second-order valence-electron chi connectivity index (χ2n) is 4.11. The molecule has 0 spiro atoms. The number of hydrogen-bond donors (Lipinski definition) is 2. The minimum Gasteiger partial charge on any atom is -0.502 e. The molecule has 2 N–H and O–H groups in total. The smallest absolute Gasteiger partial charge is 0.311 e. The maximum atomic E-state index is 12.0. The summed E-state index contributed by atoms with van der Waals surface area (Å²) in [6.45, 7) is 0. The quantitative estimate of drug-likeness (QED) is 0.662. The van der Waals surface area contributed by atoms with E-state index in [1.54, 1.807) is 18.2 Å². The number of aromatic hydroxyl groups is 1. The molecule has 0 radical (unpaired) electrons. The van der Waals surface area contributed by atoms with Gasteiger partial charge in [0, 0.05) is 17.3 Å². The van der Waals surface area contributed by atoms with Gasteiger partial charge in [-0.15, -0.1) is 0 Å². The first-order chi connectivity index (χ1) is 10.0. The zero-order valence-electron chi connectivity index (χ0n) is 10.6. The summed E-state index contributed by atoms with van der Waals surface area (Å²) in [7, 11) is 0. The van der Waals surface area contributed by atoms with Gasteiger partial charge in [-0.2, -0.15) is 5.26 Å². The van der Waals surface area contributed by atoms with Crippen LogP contribution in [0.5, 0.6) is 5.75 Å². The Kier molecular flexibility index (Phi) is 3.81. The van der Waals surface area contributed by atoms with Gasteiger partial charge in [0.25, 0.3) is 5.91 Å². The molecule has 2 aromatic rings. The molecule has 0 fully saturated rings. The summed E-state index contributed by atoms with van der Waals surface area (Å²) in [6, 6.07) is 11.5. The van der Waals surface area contributed by atoms with Crippen molar-refractivity contribution in [1.82, 2.24) is 0 Å². The number of nitriles is 1. The van der Waals surface area contributed by atoms with Crippen molar-refractivity contribution in [2.45, 2.75) is 0 Å². The SMILES string of the molecule is N#Cc1cccc(NC(=O)c2ccc(O)c([N+](=O)[O-])c2)c1. The molecular formula is C14H9N3O4. The molecule has 0 aliphatic carbocycles. The molecule has 0 unspecified atom stereocenters. The minimum absolute atomic E-state index is 0.0295. The van der Waals surface area contributed by atoms with Crippen molar-refractivity contribution >= 4 is 17.3 Å². The van der Waals surface area contributed by atoms with E-state index in [0.717, 1.165) is 12.1 Å². The van der Waals surface area contributed by atoms with Gasteiger partial charge in [0.15, 0.2) is 5.75 Å². The number of nitro benzene ring substituents is 1. The van der Waals surface area contributed by atoms with Crippen LogP contribution in [0, 0.1) is 21.4 Å². The fourth-order valence-corrected chi connectivity index (χ4v) is 1.68. The molecule has 0 heterocycles. The molecule has 0 saturated heterocycles. The van der Waals surface area contributed by atoms with E-state index in [-0.39, 0.29) is 5.56 Å². The monoisotopic (exact) mass is 283 g/mol. The van der Waals surface area contributed by atoms with Gasteiger partial charge in [0.1, 0.15) is 0 Å². The highest BCUT2D eigenvalue weighted by Crippen LogP contribution is 2.26. The molecule has 0 aliphatic heterocycles. The highest BCUT2D eigenvalue weighted by molar-refractivity contribution is 6.04. The zero-order valence-corrected chi connectivity index (χ0v) is 10.6. The molecule has 2 aromatic carbocycles. The van der Waals surface area contributed by atoms with Crippen LogP contribution in [0.15, 0.2) is 42.5 Å². The number of carbonyl (C=O) groups excluding carboxylic acids is 1. The Hall–Kier alpha value is -3.40. The zero-order chi connectivity index (χ0) is 15.4. The predicted octanol–water partition coefficient (Wildman–Crippen LogP) is 2.42. The topological polar surface area (TPSA) is 116 Å². The van der Waals surface area contributed by atoms with Crippen LogP contribution in [-0.2, 0) is 0 Å². The third-order valence-electron chi connectivity index (χ3n) is 2.68. The Morgan fingerprint density at radius 3 is 2.71 bits per heavy atom. The highest BCUT2D eigenvalue weighted by Gasteiger charge is 2.17. The van der Waals surface area contributed by atoms with Crippen LogP contribution in [0.25, 0.3) is 0 Å². The molecule has 0 aliphatic rings. The van der Waals surface area contributed by atoms with Crippen molar-refractivity contribution < 1.29 is 14.8 Å². The number of phenolic OH excluding ortho intramolecular Hbond substituents is 1. The van der Waals surface area contributed by atoms with Crippen LogP contribution in [0.3, 0.4) is 0 Å². The molecule has 0 saturated carbocycles. The summed E-state index contributed by atoms with van der Waals surface area (Å²) in [6.07, 6.45) is 0. The van der Waals surface area contributed by atoms with Crippen molar-refractivity contribution in [1.29, 1.82) is 5.26 Å². The molecule has 0 bridgehead atoms. The Morgan fingerprint density at radius 2 is 2.05 bits per heavy atom. The van der Waals surface area contributed by atoms with Gasteiger partial charge in [-0.25, -0.2) is 0 Å². The minimum atomic E-state index is -0.775. The van der Waals surface area contributed by atoms with Gasteiger partial charge in [0.2, 0.25) is 0 Å². The number of benzene rings is 2. The van der Waals surface area contributed by atoms with E-state index in [1.165, 1.54) is 12.1 Å². The van der Waals surface area contributed by atoms with Crippen LogP contribution in [0.4, 0.5) is 11.4 Å². The third-order valence-corrected chi connectivity index (χ3v) is 2.68. The summed E-state index contributed by atoms with van der Waals surface area (Å²) in [4.78, 5) is 21.9. The highest BCUT2D eigenvalue weighted by atomic mass is 16.6. The number of nitrogens with zero attached hydrogens (tertiary/aromatic N) is 2. The fourth-order valence-electron chi connectivity index (χ4n) is 1.68. The first-order valence-corrected chi connectivity index (χ1v) is 5.80. The lowest BCUT2D eigenvalue weighted by Crippen LogP contribution is -2.12. The first-order valence-electron chi connectivity index (χ1n) is 5.80. The number of phenols is 1. The lowest BCUT2D eigenvalue weighted by molar-refractivity contribution is -0.385. The van der Waals surface area contributed by atoms with Gasteiger partial charge in [-0.05, 0) is 30.3 Å². The Bertz CT molecular complexity index is 765. The summed E-state index contributed by atoms with van der Waals surface area (Å²) in [5.41, 5.74) is 0.259. The Morgan fingerprint density at radius 1 is 1.29 bits per heavy atom. The molecule has 7 heteroatoms. The third kappa shape index (κ3) is 3.13. The normalized spacial score (nSPS) is 9.67. The van der Waals surface area contributed by atoms with E-state index in [4.69, 9.17) is 5.26 Å². The van der Waals surface area contributed by atoms with E-state index in [0.29, 0.717) is 11.3 Å². The van der Waals surface area contributed by atoms with Crippen LogP contribution < -0.4 is 5.32 Å². The predicted molar refractivity (Wildman–Crippen MR) is 73.9 cm³/mol. The first kappa shape index (κ1) is 14.0. The Balaban J connectivity index is 2.26. The van der Waals surface area contributed by atoms with Crippen molar-refractivity contribution in [3.8, 4) is 11.8 Å².